The number of carbonyl (C=O) groups is 1. The van der Waals surface area contributed by atoms with Gasteiger partial charge in [-0.25, -0.2) is 4.79 Å². The fourth-order valence-corrected chi connectivity index (χ4v) is 3.00. The number of hydrogen-bond donors (Lipinski definition) is 2. The lowest BCUT2D eigenvalue weighted by Gasteiger charge is -2.23. The highest BCUT2D eigenvalue weighted by Crippen LogP contribution is 2.36. The Kier molecular flexibility index (Phi) is 3.92. The molecule has 2 atom stereocenters. The molecule has 4 nitrogen and oxygen atoms in total. The number of rotatable bonds is 3. The standard InChI is InChI=1S/C15H22N2O2/c1-9-4-12(15(18)19)6-13(10(9)2)14-5-11(7-16)8-17(14)3/h4,6,11,14H,5,7-8,16H2,1-3H3,(H,18,19). The highest BCUT2D eigenvalue weighted by Gasteiger charge is 2.31. The van der Waals surface area contributed by atoms with Gasteiger partial charge in [0.25, 0.3) is 0 Å². The van der Waals surface area contributed by atoms with Gasteiger partial charge in [0.2, 0.25) is 0 Å². The van der Waals surface area contributed by atoms with E-state index < -0.39 is 5.97 Å². The highest BCUT2D eigenvalue weighted by atomic mass is 16.4. The smallest absolute Gasteiger partial charge is 0.335 e. The summed E-state index contributed by atoms with van der Waals surface area (Å²) in [4.78, 5) is 13.5. The van der Waals surface area contributed by atoms with Crippen LogP contribution in [0.2, 0.25) is 0 Å². The van der Waals surface area contributed by atoms with Gasteiger partial charge in [0, 0.05) is 12.6 Å². The second kappa shape index (κ2) is 5.31. The average Bonchev–Trinajstić information content (AvgIpc) is 2.73. The van der Waals surface area contributed by atoms with Crippen molar-refractivity contribution >= 4 is 5.97 Å². The molecule has 2 unspecified atom stereocenters. The molecule has 1 saturated heterocycles. The third-order valence-electron chi connectivity index (χ3n) is 4.28. The molecular weight excluding hydrogens is 240 g/mol. The van der Waals surface area contributed by atoms with Gasteiger partial charge in [-0.3, -0.25) is 4.90 Å². The molecule has 0 amide bonds. The number of carboxylic acids is 1. The SMILES string of the molecule is Cc1cc(C(=O)O)cc(C2CC(CN)CN2C)c1C. The van der Waals surface area contributed by atoms with Crippen LogP contribution in [0.25, 0.3) is 0 Å². The van der Waals surface area contributed by atoms with Crippen LogP contribution in [-0.2, 0) is 0 Å². The molecular formula is C15H22N2O2. The molecule has 0 bridgehead atoms. The van der Waals surface area contributed by atoms with Crippen molar-refractivity contribution in [1.29, 1.82) is 0 Å². The maximum Gasteiger partial charge on any atom is 0.335 e. The number of nitrogens with two attached hydrogens (primary N) is 1. The Balaban J connectivity index is 2.41. The molecule has 1 heterocycles. The van der Waals surface area contributed by atoms with Crippen LogP contribution in [0.1, 0.15) is 39.5 Å². The van der Waals surface area contributed by atoms with Gasteiger partial charge in [0.15, 0.2) is 0 Å². The second-order valence-corrected chi connectivity index (χ2v) is 5.61. The number of carboxylic acid groups (broad SMARTS) is 1. The summed E-state index contributed by atoms with van der Waals surface area (Å²) in [6.45, 7) is 5.72. The van der Waals surface area contributed by atoms with E-state index in [1.807, 2.05) is 13.0 Å². The predicted octanol–water partition coefficient (Wildman–Crippen LogP) is 1.95. The van der Waals surface area contributed by atoms with Crippen molar-refractivity contribution in [2.24, 2.45) is 11.7 Å². The summed E-state index contributed by atoms with van der Waals surface area (Å²) in [5, 5.41) is 9.20. The highest BCUT2D eigenvalue weighted by molar-refractivity contribution is 5.88. The van der Waals surface area contributed by atoms with Gasteiger partial charge in [-0.05, 0) is 68.6 Å². The van der Waals surface area contributed by atoms with Crippen LogP contribution in [0.3, 0.4) is 0 Å². The molecule has 2 rings (SSSR count). The topological polar surface area (TPSA) is 66.6 Å². The minimum Gasteiger partial charge on any atom is -0.478 e. The van der Waals surface area contributed by atoms with E-state index in [0.717, 1.165) is 24.1 Å². The van der Waals surface area contributed by atoms with Crippen molar-refractivity contribution in [2.45, 2.75) is 26.3 Å². The number of hydrogen-bond acceptors (Lipinski definition) is 3. The quantitative estimate of drug-likeness (QED) is 0.873. The van der Waals surface area contributed by atoms with E-state index >= 15 is 0 Å². The van der Waals surface area contributed by atoms with Crippen LogP contribution in [0.5, 0.6) is 0 Å². The first-order valence-electron chi connectivity index (χ1n) is 6.68. The normalized spacial score (nSPS) is 23.8. The molecule has 0 saturated carbocycles. The molecule has 19 heavy (non-hydrogen) atoms. The maximum atomic E-state index is 11.2. The summed E-state index contributed by atoms with van der Waals surface area (Å²) in [6.07, 6.45) is 1.01. The fourth-order valence-electron chi connectivity index (χ4n) is 3.00. The van der Waals surface area contributed by atoms with Crippen LogP contribution in [0.4, 0.5) is 0 Å². The van der Waals surface area contributed by atoms with Gasteiger partial charge in [-0.2, -0.15) is 0 Å². The fraction of sp³-hybridized carbons (Fsp3) is 0.533. The molecule has 1 aliphatic rings. The monoisotopic (exact) mass is 262 g/mol. The predicted molar refractivity (Wildman–Crippen MR) is 75.4 cm³/mol. The van der Waals surface area contributed by atoms with Crippen LogP contribution in [0.15, 0.2) is 12.1 Å². The zero-order valence-electron chi connectivity index (χ0n) is 11.8. The first-order valence-corrected chi connectivity index (χ1v) is 6.68. The van der Waals surface area contributed by atoms with Gasteiger partial charge in [0.05, 0.1) is 5.56 Å². The summed E-state index contributed by atoms with van der Waals surface area (Å²) in [5.74, 6) is -0.358. The number of likely N-dealkylation sites (tertiary alicyclic amines) is 1. The molecule has 1 aliphatic heterocycles. The molecule has 1 aromatic carbocycles. The lowest BCUT2D eigenvalue weighted by molar-refractivity contribution is 0.0696. The minimum atomic E-state index is -0.861. The van der Waals surface area contributed by atoms with Gasteiger partial charge < -0.3 is 10.8 Å². The zero-order valence-corrected chi connectivity index (χ0v) is 11.8. The van der Waals surface area contributed by atoms with Crippen LogP contribution < -0.4 is 5.73 Å². The first-order chi connectivity index (χ1) is 8.93. The van der Waals surface area contributed by atoms with Crippen molar-refractivity contribution in [3.8, 4) is 0 Å². The summed E-state index contributed by atoms with van der Waals surface area (Å²) in [6, 6.07) is 3.85. The van der Waals surface area contributed by atoms with Crippen molar-refractivity contribution in [1.82, 2.24) is 4.90 Å². The summed E-state index contributed by atoms with van der Waals surface area (Å²) >= 11 is 0. The Morgan fingerprint density at radius 1 is 1.47 bits per heavy atom. The first kappa shape index (κ1) is 14.0. The molecule has 0 radical (unpaired) electrons. The Morgan fingerprint density at radius 3 is 2.68 bits per heavy atom. The number of benzene rings is 1. The Morgan fingerprint density at radius 2 is 2.16 bits per heavy atom. The van der Waals surface area contributed by atoms with E-state index in [1.54, 1.807) is 6.07 Å². The van der Waals surface area contributed by atoms with E-state index in [2.05, 4.69) is 18.9 Å². The summed E-state index contributed by atoms with van der Waals surface area (Å²) < 4.78 is 0. The summed E-state index contributed by atoms with van der Waals surface area (Å²) in [7, 11) is 2.09. The zero-order chi connectivity index (χ0) is 14.2. The molecule has 0 aromatic heterocycles. The molecule has 1 fully saturated rings. The third kappa shape index (κ3) is 2.65. The molecule has 1 aromatic rings. The van der Waals surface area contributed by atoms with E-state index in [-0.39, 0.29) is 6.04 Å². The number of nitrogens with zero attached hydrogens (tertiary/aromatic N) is 1. The maximum absolute atomic E-state index is 11.2. The minimum absolute atomic E-state index is 0.284. The van der Waals surface area contributed by atoms with Crippen LogP contribution >= 0.6 is 0 Å². The average molecular weight is 262 g/mol. The second-order valence-electron chi connectivity index (χ2n) is 5.61. The van der Waals surface area contributed by atoms with Gasteiger partial charge in [-0.1, -0.05) is 0 Å². The van der Waals surface area contributed by atoms with Crippen molar-refractivity contribution in [3.05, 3.63) is 34.4 Å². The van der Waals surface area contributed by atoms with Crippen molar-refractivity contribution < 1.29 is 9.90 Å². The van der Waals surface area contributed by atoms with Gasteiger partial charge in [-0.15, -0.1) is 0 Å². The van der Waals surface area contributed by atoms with E-state index in [4.69, 9.17) is 5.73 Å². The Hall–Kier alpha value is -1.39. The molecule has 104 valence electrons. The Labute approximate surface area is 114 Å². The molecule has 3 N–H and O–H groups in total. The van der Waals surface area contributed by atoms with Crippen molar-refractivity contribution in [2.75, 3.05) is 20.1 Å². The number of aromatic carboxylic acids is 1. The van der Waals surface area contributed by atoms with Crippen LogP contribution in [-0.4, -0.2) is 36.1 Å². The number of aryl methyl sites for hydroxylation is 1. The molecule has 0 spiro atoms. The third-order valence-corrected chi connectivity index (χ3v) is 4.28. The van der Waals surface area contributed by atoms with Crippen LogP contribution in [0, 0.1) is 19.8 Å². The lowest BCUT2D eigenvalue weighted by Crippen LogP contribution is -2.21. The Bertz CT molecular complexity index is 499. The molecule has 4 heteroatoms. The van der Waals surface area contributed by atoms with E-state index in [1.165, 1.54) is 5.56 Å². The molecule has 0 aliphatic carbocycles. The lowest BCUT2D eigenvalue weighted by atomic mass is 9.92. The van der Waals surface area contributed by atoms with Gasteiger partial charge in [0.1, 0.15) is 0 Å². The summed E-state index contributed by atoms with van der Waals surface area (Å²) in [5.41, 5.74) is 9.51. The van der Waals surface area contributed by atoms with E-state index in [9.17, 15) is 9.90 Å². The van der Waals surface area contributed by atoms with Crippen molar-refractivity contribution in [3.63, 3.8) is 0 Å². The van der Waals surface area contributed by atoms with E-state index in [0.29, 0.717) is 18.0 Å². The van der Waals surface area contributed by atoms with Gasteiger partial charge >= 0.3 is 5.97 Å². The largest absolute Gasteiger partial charge is 0.478 e.